The van der Waals surface area contributed by atoms with Crippen LogP contribution < -0.4 is 4.72 Å². The third-order valence-corrected chi connectivity index (χ3v) is 5.82. The highest BCUT2D eigenvalue weighted by Gasteiger charge is 2.28. The second kappa shape index (κ2) is 9.16. The summed E-state index contributed by atoms with van der Waals surface area (Å²) in [5.74, 6) is -0.239. The predicted molar refractivity (Wildman–Crippen MR) is 104 cm³/mol. The zero-order valence-electron chi connectivity index (χ0n) is 14.9. The Morgan fingerprint density at radius 2 is 1.62 bits per heavy atom. The fraction of sp³-hybridized carbons (Fsp3) is 0.316. The molecular weight excluding hydrogens is 372 g/mol. The van der Waals surface area contributed by atoms with E-state index >= 15 is 0 Å². The van der Waals surface area contributed by atoms with Gasteiger partial charge in [0.05, 0.1) is 4.90 Å². The quantitative estimate of drug-likeness (QED) is 0.748. The molecule has 5 nitrogen and oxygen atoms in total. The number of benzene rings is 2. The van der Waals surface area contributed by atoms with E-state index in [4.69, 9.17) is 11.6 Å². The summed E-state index contributed by atoms with van der Waals surface area (Å²) in [4.78, 5) is 14.6. The largest absolute Gasteiger partial charge is 0.342 e. The first-order valence-corrected chi connectivity index (χ1v) is 10.3. The van der Waals surface area contributed by atoms with Crippen molar-refractivity contribution in [2.24, 2.45) is 0 Å². The first-order valence-electron chi connectivity index (χ1n) is 8.48. The summed E-state index contributed by atoms with van der Waals surface area (Å²) in [7, 11) is -3.85. The molecule has 0 aliphatic carbocycles. The van der Waals surface area contributed by atoms with Gasteiger partial charge in [0.25, 0.3) is 0 Å². The average Bonchev–Trinajstić information content (AvgIpc) is 2.63. The standard InChI is InChI=1S/C19H23ClN2O3S/c1-3-22(4-2)19(23)18(14-15-8-6-5-7-9-15)21-26(24,25)17-12-10-16(20)11-13-17/h5-13,18,21H,3-4,14H2,1-2H3. The van der Waals surface area contributed by atoms with E-state index in [2.05, 4.69) is 4.72 Å². The molecule has 1 unspecified atom stereocenters. The summed E-state index contributed by atoms with van der Waals surface area (Å²) < 4.78 is 28.0. The molecule has 0 aromatic heterocycles. The van der Waals surface area contributed by atoms with Crippen LogP contribution in [0, 0.1) is 0 Å². The van der Waals surface area contributed by atoms with Crippen LogP contribution in [0.2, 0.25) is 5.02 Å². The molecule has 0 bridgehead atoms. The molecule has 2 rings (SSSR count). The Hall–Kier alpha value is -1.89. The molecule has 0 heterocycles. The molecule has 2 aromatic carbocycles. The summed E-state index contributed by atoms with van der Waals surface area (Å²) in [6, 6.07) is 14.3. The maximum absolute atomic E-state index is 12.9. The van der Waals surface area contributed by atoms with Gasteiger partial charge in [-0.1, -0.05) is 41.9 Å². The molecule has 1 amide bonds. The van der Waals surface area contributed by atoms with Gasteiger partial charge in [0.1, 0.15) is 6.04 Å². The molecule has 0 aliphatic heterocycles. The maximum Gasteiger partial charge on any atom is 0.241 e. The van der Waals surface area contributed by atoms with E-state index in [1.54, 1.807) is 4.90 Å². The van der Waals surface area contributed by atoms with Gasteiger partial charge in [-0.3, -0.25) is 4.79 Å². The van der Waals surface area contributed by atoms with E-state index in [0.29, 0.717) is 18.1 Å². The molecule has 140 valence electrons. The lowest BCUT2D eigenvalue weighted by atomic mass is 10.1. The highest BCUT2D eigenvalue weighted by Crippen LogP contribution is 2.16. The molecule has 1 atom stereocenters. The van der Waals surface area contributed by atoms with Gasteiger partial charge in [0.2, 0.25) is 15.9 Å². The van der Waals surface area contributed by atoms with E-state index < -0.39 is 16.1 Å². The molecule has 1 N–H and O–H groups in total. The normalized spacial score (nSPS) is 12.6. The molecule has 0 saturated carbocycles. The summed E-state index contributed by atoms with van der Waals surface area (Å²) >= 11 is 5.83. The smallest absolute Gasteiger partial charge is 0.241 e. The van der Waals surface area contributed by atoms with Crippen molar-refractivity contribution in [1.82, 2.24) is 9.62 Å². The molecule has 26 heavy (non-hydrogen) atoms. The number of sulfonamides is 1. The van der Waals surface area contributed by atoms with Crippen molar-refractivity contribution in [2.45, 2.75) is 31.2 Å². The fourth-order valence-electron chi connectivity index (χ4n) is 2.65. The lowest BCUT2D eigenvalue weighted by Gasteiger charge is -2.26. The maximum atomic E-state index is 12.9. The van der Waals surface area contributed by atoms with Crippen molar-refractivity contribution >= 4 is 27.5 Å². The first-order chi connectivity index (χ1) is 12.4. The molecule has 0 saturated heterocycles. The minimum Gasteiger partial charge on any atom is -0.342 e. The summed E-state index contributed by atoms with van der Waals surface area (Å²) in [6.45, 7) is 4.77. The lowest BCUT2D eigenvalue weighted by Crippen LogP contribution is -2.49. The second-order valence-electron chi connectivity index (χ2n) is 5.83. The van der Waals surface area contributed by atoms with Crippen LogP contribution in [-0.2, 0) is 21.2 Å². The van der Waals surface area contributed by atoms with Crippen molar-refractivity contribution in [2.75, 3.05) is 13.1 Å². The molecule has 0 aliphatic rings. The van der Waals surface area contributed by atoms with Gasteiger partial charge in [-0.15, -0.1) is 0 Å². The topological polar surface area (TPSA) is 66.5 Å². The second-order valence-corrected chi connectivity index (χ2v) is 7.98. The minimum atomic E-state index is -3.85. The summed E-state index contributed by atoms with van der Waals surface area (Å²) in [5.41, 5.74) is 0.886. The molecule has 0 fully saturated rings. The van der Waals surface area contributed by atoms with E-state index in [1.165, 1.54) is 24.3 Å². The number of nitrogens with one attached hydrogen (secondary N) is 1. The number of carbonyl (C=O) groups excluding carboxylic acids is 1. The number of amides is 1. The van der Waals surface area contributed by atoms with Gasteiger partial charge in [-0.25, -0.2) is 8.42 Å². The predicted octanol–water partition coefficient (Wildman–Crippen LogP) is 3.10. The molecule has 2 aromatic rings. The van der Waals surface area contributed by atoms with Crippen molar-refractivity contribution in [3.63, 3.8) is 0 Å². The van der Waals surface area contributed by atoms with Crippen LogP contribution in [0.1, 0.15) is 19.4 Å². The van der Waals surface area contributed by atoms with E-state index in [0.717, 1.165) is 5.56 Å². The fourth-order valence-corrected chi connectivity index (χ4v) is 3.97. The Morgan fingerprint density at radius 3 is 2.15 bits per heavy atom. The van der Waals surface area contributed by atoms with E-state index in [1.807, 2.05) is 44.2 Å². The van der Waals surface area contributed by atoms with Crippen molar-refractivity contribution < 1.29 is 13.2 Å². The number of hydrogen-bond donors (Lipinski definition) is 1. The van der Waals surface area contributed by atoms with Crippen LogP contribution in [0.25, 0.3) is 0 Å². The zero-order valence-corrected chi connectivity index (χ0v) is 16.4. The summed E-state index contributed by atoms with van der Waals surface area (Å²) in [6.07, 6.45) is 0.281. The van der Waals surface area contributed by atoms with Gasteiger partial charge in [0, 0.05) is 18.1 Å². The van der Waals surface area contributed by atoms with Crippen molar-refractivity contribution in [3.8, 4) is 0 Å². The van der Waals surface area contributed by atoms with E-state index in [9.17, 15) is 13.2 Å². The van der Waals surface area contributed by atoms with Crippen molar-refractivity contribution in [1.29, 1.82) is 0 Å². The number of halogens is 1. The van der Waals surface area contributed by atoms with Crippen LogP contribution in [0.3, 0.4) is 0 Å². The third-order valence-electron chi connectivity index (χ3n) is 4.08. The van der Waals surface area contributed by atoms with E-state index in [-0.39, 0.29) is 17.2 Å². The Bertz CT molecular complexity index is 820. The van der Waals surface area contributed by atoms with Crippen LogP contribution in [-0.4, -0.2) is 38.4 Å². The number of nitrogens with zero attached hydrogens (tertiary/aromatic N) is 1. The highest BCUT2D eigenvalue weighted by atomic mass is 35.5. The summed E-state index contributed by atoms with van der Waals surface area (Å²) in [5, 5.41) is 0.448. The van der Waals surface area contributed by atoms with Gasteiger partial charge in [-0.2, -0.15) is 4.72 Å². The number of rotatable bonds is 8. The van der Waals surface area contributed by atoms with Gasteiger partial charge >= 0.3 is 0 Å². The van der Waals surface area contributed by atoms with Crippen LogP contribution in [0.5, 0.6) is 0 Å². The monoisotopic (exact) mass is 394 g/mol. The van der Waals surface area contributed by atoms with Crippen LogP contribution in [0.4, 0.5) is 0 Å². The van der Waals surface area contributed by atoms with Crippen molar-refractivity contribution in [3.05, 3.63) is 65.2 Å². The molecule has 0 radical (unpaired) electrons. The first kappa shape index (κ1) is 20.4. The lowest BCUT2D eigenvalue weighted by molar-refractivity contribution is -0.132. The average molecular weight is 395 g/mol. The minimum absolute atomic E-state index is 0.0762. The van der Waals surface area contributed by atoms with Gasteiger partial charge < -0.3 is 4.90 Å². The molecule has 7 heteroatoms. The number of hydrogen-bond acceptors (Lipinski definition) is 3. The third kappa shape index (κ3) is 5.30. The Balaban J connectivity index is 2.30. The Labute approximate surface area is 160 Å². The highest BCUT2D eigenvalue weighted by molar-refractivity contribution is 7.89. The Morgan fingerprint density at radius 1 is 1.04 bits per heavy atom. The zero-order chi connectivity index (χ0) is 19.2. The molecular formula is C19H23ClN2O3S. The van der Waals surface area contributed by atoms with Crippen LogP contribution >= 0.6 is 11.6 Å². The SMILES string of the molecule is CCN(CC)C(=O)C(Cc1ccccc1)NS(=O)(=O)c1ccc(Cl)cc1. The molecule has 0 spiro atoms. The van der Waals surface area contributed by atoms with Crippen LogP contribution in [0.15, 0.2) is 59.5 Å². The Kier molecular flexibility index (Phi) is 7.20. The van der Waals surface area contributed by atoms with Gasteiger partial charge in [0.15, 0.2) is 0 Å². The number of likely N-dealkylation sites (N-methyl/N-ethyl adjacent to an activating group) is 1. The van der Waals surface area contributed by atoms with Gasteiger partial charge in [-0.05, 0) is 50.1 Å². The number of carbonyl (C=O) groups is 1.